The van der Waals surface area contributed by atoms with E-state index in [0.29, 0.717) is 11.1 Å². The van der Waals surface area contributed by atoms with Crippen molar-refractivity contribution in [2.24, 2.45) is 0 Å². The Labute approximate surface area is 280 Å². The van der Waals surface area contributed by atoms with Gasteiger partial charge in [-0.3, -0.25) is 0 Å². The van der Waals surface area contributed by atoms with Crippen LogP contribution in [0, 0.1) is 22.7 Å². The van der Waals surface area contributed by atoms with Gasteiger partial charge in [0.15, 0.2) is 8.07 Å². The highest BCUT2D eigenvalue weighted by molar-refractivity contribution is 7.19. The van der Waals surface area contributed by atoms with Gasteiger partial charge in [-0.2, -0.15) is 10.5 Å². The van der Waals surface area contributed by atoms with E-state index < -0.39 is 8.07 Å². The second-order valence-electron chi connectivity index (χ2n) is 11.9. The van der Waals surface area contributed by atoms with Crippen molar-refractivity contribution in [1.29, 1.82) is 10.5 Å². The number of rotatable bonds is 6. The fourth-order valence-electron chi connectivity index (χ4n) is 7.34. The van der Waals surface area contributed by atoms with Gasteiger partial charge in [-0.25, -0.2) is 0 Å². The summed E-state index contributed by atoms with van der Waals surface area (Å²) in [5.74, 6) is 0. The number of fused-ring (bicyclic) bond motifs is 3. The second-order valence-corrected chi connectivity index (χ2v) is 15.7. The zero-order valence-corrected chi connectivity index (χ0v) is 27.1. The zero-order valence-electron chi connectivity index (χ0n) is 26.1. The molecule has 0 spiro atoms. The first-order valence-electron chi connectivity index (χ1n) is 16.0. The summed E-state index contributed by atoms with van der Waals surface area (Å²) in [4.78, 5) is 0. The van der Waals surface area contributed by atoms with E-state index in [1.54, 1.807) is 0 Å². The summed E-state index contributed by atoms with van der Waals surface area (Å²) in [6.07, 6.45) is 0. The topological polar surface area (TPSA) is 52.5 Å². The van der Waals surface area contributed by atoms with Gasteiger partial charge in [0.05, 0.1) is 33.9 Å². The molecule has 0 aliphatic rings. The van der Waals surface area contributed by atoms with E-state index in [1.807, 2.05) is 42.5 Å². The van der Waals surface area contributed by atoms with Crippen molar-refractivity contribution in [2.75, 3.05) is 0 Å². The number of benzene rings is 7. The van der Waals surface area contributed by atoms with Crippen molar-refractivity contribution in [3.8, 4) is 29.0 Å². The summed E-state index contributed by atoms with van der Waals surface area (Å²) < 4.78 is 2.18. The van der Waals surface area contributed by atoms with Crippen LogP contribution in [-0.2, 0) is 0 Å². The highest BCUT2D eigenvalue weighted by Crippen LogP contribution is 2.35. The van der Waals surface area contributed by atoms with Gasteiger partial charge in [-0.15, -0.1) is 0 Å². The Balaban J connectivity index is 1.42. The second kappa shape index (κ2) is 12.0. The Kier molecular flexibility index (Phi) is 7.27. The van der Waals surface area contributed by atoms with Crippen LogP contribution in [0.1, 0.15) is 11.1 Å². The molecule has 8 aromatic rings. The molecule has 0 saturated carbocycles. The minimum atomic E-state index is -2.82. The fourth-order valence-corrected chi connectivity index (χ4v) is 12.1. The molecule has 0 amide bonds. The van der Waals surface area contributed by atoms with Gasteiger partial charge >= 0.3 is 0 Å². The first kappa shape index (κ1) is 29.0. The van der Waals surface area contributed by atoms with Crippen LogP contribution in [0.4, 0.5) is 0 Å². The van der Waals surface area contributed by atoms with Gasteiger partial charge in [-0.05, 0) is 62.2 Å². The normalized spacial score (nSPS) is 11.3. The fraction of sp³-hybridized carbons (Fsp3) is 0. The molecule has 0 radical (unpaired) electrons. The minimum Gasteiger partial charge on any atom is -0.308 e. The van der Waals surface area contributed by atoms with Crippen LogP contribution in [0.25, 0.3) is 38.6 Å². The Hall–Kier alpha value is -6.46. The molecular weight excluding hydrogens is 599 g/mol. The maximum absolute atomic E-state index is 10.5. The summed E-state index contributed by atoms with van der Waals surface area (Å²) in [7, 11) is -2.82. The van der Waals surface area contributed by atoms with Crippen LogP contribution in [0.15, 0.2) is 176 Å². The minimum absolute atomic E-state index is 0.571. The molecule has 224 valence electrons. The predicted molar refractivity (Wildman–Crippen MR) is 199 cm³/mol. The molecule has 0 saturated heterocycles. The van der Waals surface area contributed by atoms with Crippen LogP contribution >= 0.6 is 0 Å². The predicted octanol–water partition coefficient (Wildman–Crippen LogP) is 7.57. The zero-order chi connectivity index (χ0) is 32.5. The quantitative estimate of drug-likeness (QED) is 0.141. The molecule has 0 fully saturated rings. The maximum Gasteiger partial charge on any atom is 0.179 e. The third-order valence-corrected chi connectivity index (χ3v) is 14.2. The summed E-state index contributed by atoms with van der Waals surface area (Å²) in [6, 6.07) is 66.2. The van der Waals surface area contributed by atoms with Crippen molar-refractivity contribution < 1.29 is 0 Å². The van der Waals surface area contributed by atoms with Gasteiger partial charge in [-0.1, -0.05) is 146 Å². The highest BCUT2D eigenvalue weighted by atomic mass is 28.3. The van der Waals surface area contributed by atoms with E-state index in [4.69, 9.17) is 0 Å². The molecule has 4 heteroatoms. The van der Waals surface area contributed by atoms with Crippen LogP contribution in [0.5, 0.6) is 0 Å². The molecule has 8 rings (SSSR count). The lowest BCUT2D eigenvalue weighted by molar-refractivity contribution is 1.17. The summed E-state index contributed by atoms with van der Waals surface area (Å²) in [5, 5.41) is 28.1. The Bertz CT molecular complexity index is 2370. The van der Waals surface area contributed by atoms with E-state index in [1.165, 1.54) is 20.7 Å². The van der Waals surface area contributed by atoms with Gasteiger partial charge in [0.25, 0.3) is 0 Å². The Morgan fingerprint density at radius 3 is 1.38 bits per heavy atom. The molecule has 1 heterocycles. The standard InChI is InChI=1S/C44H29N3Si/c45-30-33-26-27-38(48(35-14-4-1-5-15-35,36-16-6-2-7-17-36)37-18-8-3-9-19-37)29-41(33)32-24-25-34(31-46)44(28-32)47-42-22-12-10-20-39(42)40-21-11-13-23-43(40)47/h1-29H. The number of nitrogens with zero attached hydrogens (tertiary/aromatic N) is 3. The summed E-state index contributed by atoms with van der Waals surface area (Å²) in [6.45, 7) is 0. The lowest BCUT2D eigenvalue weighted by atomic mass is 9.98. The van der Waals surface area contributed by atoms with Crippen molar-refractivity contribution >= 4 is 50.6 Å². The first-order valence-corrected chi connectivity index (χ1v) is 18.0. The molecule has 0 aliphatic carbocycles. The monoisotopic (exact) mass is 627 g/mol. The third-order valence-electron chi connectivity index (χ3n) is 9.44. The van der Waals surface area contributed by atoms with Gasteiger partial charge < -0.3 is 4.57 Å². The molecule has 1 aromatic heterocycles. The van der Waals surface area contributed by atoms with E-state index in [9.17, 15) is 10.5 Å². The molecule has 3 nitrogen and oxygen atoms in total. The van der Waals surface area contributed by atoms with Gasteiger partial charge in [0.1, 0.15) is 6.07 Å². The molecule has 0 aliphatic heterocycles. The number of para-hydroxylation sites is 2. The number of nitriles is 2. The average Bonchev–Trinajstić information content (AvgIpc) is 3.50. The number of hydrogen-bond acceptors (Lipinski definition) is 2. The van der Waals surface area contributed by atoms with Gasteiger partial charge in [0, 0.05) is 10.8 Å². The lowest BCUT2D eigenvalue weighted by Crippen LogP contribution is -2.74. The van der Waals surface area contributed by atoms with Crippen molar-refractivity contribution in [2.45, 2.75) is 0 Å². The van der Waals surface area contributed by atoms with Crippen molar-refractivity contribution in [3.05, 3.63) is 187 Å². The summed E-state index contributed by atoms with van der Waals surface area (Å²) in [5.41, 5.74) is 5.76. The SMILES string of the molecule is N#Cc1ccc([Si](c2ccccc2)(c2ccccc2)c2ccccc2)cc1-c1ccc(C#N)c(-n2c3ccccc3c3ccccc32)c1. The van der Waals surface area contributed by atoms with E-state index >= 15 is 0 Å². The summed E-state index contributed by atoms with van der Waals surface area (Å²) >= 11 is 0. The van der Waals surface area contributed by atoms with Gasteiger partial charge in [0.2, 0.25) is 0 Å². The van der Waals surface area contributed by atoms with Crippen LogP contribution in [0.2, 0.25) is 0 Å². The molecule has 0 N–H and O–H groups in total. The smallest absolute Gasteiger partial charge is 0.179 e. The van der Waals surface area contributed by atoms with Crippen LogP contribution < -0.4 is 20.7 Å². The lowest BCUT2D eigenvalue weighted by Gasteiger charge is -2.34. The number of hydrogen-bond donors (Lipinski definition) is 0. The van der Waals surface area contributed by atoms with Crippen molar-refractivity contribution in [3.63, 3.8) is 0 Å². The number of aromatic nitrogens is 1. The van der Waals surface area contributed by atoms with E-state index in [-0.39, 0.29) is 0 Å². The largest absolute Gasteiger partial charge is 0.308 e. The highest BCUT2D eigenvalue weighted by Gasteiger charge is 2.41. The molecule has 0 unspecified atom stereocenters. The average molecular weight is 628 g/mol. The Morgan fingerprint density at radius 2 is 0.875 bits per heavy atom. The van der Waals surface area contributed by atoms with Crippen LogP contribution in [0.3, 0.4) is 0 Å². The molecule has 7 aromatic carbocycles. The molecule has 0 atom stereocenters. The van der Waals surface area contributed by atoms with E-state index in [0.717, 1.165) is 38.6 Å². The van der Waals surface area contributed by atoms with Crippen LogP contribution in [-0.4, -0.2) is 12.6 Å². The van der Waals surface area contributed by atoms with E-state index in [2.05, 4.69) is 150 Å². The molecular formula is C44H29N3Si. The Morgan fingerprint density at radius 1 is 0.417 bits per heavy atom. The van der Waals surface area contributed by atoms with Crippen molar-refractivity contribution in [1.82, 2.24) is 4.57 Å². The maximum atomic E-state index is 10.5. The molecule has 0 bridgehead atoms. The first-order chi connectivity index (χ1) is 23.7. The molecule has 48 heavy (non-hydrogen) atoms. The third kappa shape index (κ3) is 4.55.